The molecule has 0 saturated carbocycles. The van der Waals surface area contributed by atoms with Crippen molar-refractivity contribution in [2.75, 3.05) is 6.54 Å². The van der Waals surface area contributed by atoms with Gasteiger partial charge in [-0.15, -0.1) is 11.3 Å². The Morgan fingerprint density at radius 1 is 1.40 bits per heavy atom. The minimum absolute atomic E-state index is 0.108. The number of carbonyl (C=O) groups is 1. The van der Waals surface area contributed by atoms with Gasteiger partial charge in [0.25, 0.3) is 5.91 Å². The van der Waals surface area contributed by atoms with Crippen LogP contribution in [0.1, 0.15) is 50.4 Å². The predicted octanol–water partition coefficient (Wildman–Crippen LogP) is 3.64. The summed E-state index contributed by atoms with van der Waals surface area (Å²) >= 11 is 1.56. The van der Waals surface area contributed by atoms with Crippen molar-refractivity contribution in [3.8, 4) is 0 Å². The van der Waals surface area contributed by atoms with Crippen LogP contribution in [-0.4, -0.2) is 22.5 Å². The van der Waals surface area contributed by atoms with Crippen LogP contribution in [0.2, 0.25) is 0 Å². The molecule has 2 aromatic heterocycles. The summed E-state index contributed by atoms with van der Waals surface area (Å²) in [6.45, 7) is 6.70. The molecule has 1 aliphatic heterocycles. The molecule has 1 atom stereocenters. The van der Waals surface area contributed by atoms with Gasteiger partial charge in [0, 0.05) is 17.0 Å². The molecule has 106 valence electrons. The van der Waals surface area contributed by atoms with E-state index in [9.17, 15) is 4.79 Å². The fourth-order valence-electron chi connectivity index (χ4n) is 2.97. The molecular formula is C15H18N2O2S. The Hall–Kier alpha value is -1.62. The number of amides is 1. The quantitative estimate of drug-likeness (QED) is 0.848. The zero-order valence-corrected chi connectivity index (χ0v) is 12.8. The van der Waals surface area contributed by atoms with E-state index in [1.165, 1.54) is 4.88 Å². The third-order valence-electron chi connectivity index (χ3n) is 3.89. The smallest absolute Gasteiger partial charge is 0.264 e. The van der Waals surface area contributed by atoms with Gasteiger partial charge in [-0.3, -0.25) is 4.79 Å². The molecule has 4 nitrogen and oxygen atoms in total. The Morgan fingerprint density at radius 2 is 2.20 bits per heavy atom. The number of thiophene rings is 1. The SMILES string of the molecule is Cc1ccc(C(=O)N2CCC[C@@H]2c2c(C)noc2C)s1. The Bertz CT molecular complexity index is 625. The van der Waals surface area contributed by atoms with E-state index < -0.39 is 0 Å². The highest BCUT2D eigenvalue weighted by atomic mass is 32.1. The average molecular weight is 290 g/mol. The number of aryl methyl sites for hydroxylation is 3. The molecule has 0 aliphatic carbocycles. The second-order valence-electron chi connectivity index (χ2n) is 5.30. The molecule has 0 radical (unpaired) electrons. The molecule has 0 aromatic carbocycles. The molecule has 1 fully saturated rings. The van der Waals surface area contributed by atoms with Crippen molar-refractivity contribution in [3.63, 3.8) is 0 Å². The second kappa shape index (κ2) is 5.05. The van der Waals surface area contributed by atoms with Crippen LogP contribution in [0.25, 0.3) is 0 Å². The first kappa shape index (κ1) is 13.4. The summed E-state index contributed by atoms with van der Waals surface area (Å²) in [4.78, 5) is 16.6. The number of hydrogen-bond donors (Lipinski definition) is 0. The van der Waals surface area contributed by atoms with E-state index in [2.05, 4.69) is 5.16 Å². The van der Waals surface area contributed by atoms with Gasteiger partial charge in [-0.05, 0) is 45.7 Å². The van der Waals surface area contributed by atoms with Gasteiger partial charge in [-0.25, -0.2) is 0 Å². The van der Waals surface area contributed by atoms with Crippen molar-refractivity contribution < 1.29 is 9.32 Å². The Kier molecular flexibility index (Phi) is 3.38. The zero-order valence-electron chi connectivity index (χ0n) is 12.0. The van der Waals surface area contributed by atoms with Crippen LogP contribution in [-0.2, 0) is 0 Å². The first-order valence-corrected chi connectivity index (χ1v) is 7.69. The summed E-state index contributed by atoms with van der Waals surface area (Å²) in [5, 5.41) is 4.02. The number of aromatic nitrogens is 1. The van der Waals surface area contributed by atoms with Crippen molar-refractivity contribution in [2.24, 2.45) is 0 Å². The largest absolute Gasteiger partial charge is 0.361 e. The van der Waals surface area contributed by atoms with Crippen molar-refractivity contribution in [1.29, 1.82) is 0 Å². The van der Waals surface area contributed by atoms with Gasteiger partial charge >= 0.3 is 0 Å². The van der Waals surface area contributed by atoms with Gasteiger partial charge in [0.2, 0.25) is 0 Å². The standard InChI is InChI=1S/C15H18N2O2S/c1-9-6-7-13(20-9)15(18)17-8-4-5-12(17)14-10(2)16-19-11(14)3/h6-7,12H,4-5,8H2,1-3H3/t12-/m1/s1. The molecule has 3 heterocycles. The fourth-order valence-corrected chi connectivity index (χ4v) is 3.79. The van der Waals surface area contributed by atoms with Crippen LogP contribution >= 0.6 is 11.3 Å². The molecular weight excluding hydrogens is 272 g/mol. The average Bonchev–Trinajstić information content (AvgIpc) is 3.10. The second-order valence-corrected chi connectivity index (χ2v) is 6.59. The monoisotopic (exact) mass is 290 g/mol. The van der Waals surface area contributed by atoms with Crippen LogP contribution in [0.15, 0.2) is 16.7 Å². The predicted molar refractivity (Wildman–Crippen MR) is 78.0 cm³/mol. The lowest BCUT2D eigenvalue weighted by Crippen LogP contribution is -2.30. The minimum Gasteiger partial charge on any atom is -0.361 e. The van der Waals surface area contributed by atoms with Crippen molar-refractivity contribution in [3.05, 3.63) is 38.9 Å². The summed E-state index contributed by atoms with van der Waals surface area (Å²) in [6.07, 6.45) is 2.02. The Labute approximate surface area is 122 Å². The third-order valence-corrected chi connectivity index (χ3v) is 4.88. The maximum Gasteiger partial charge on any atom is 0.264 e. The van der Waals surface area contributed by atoms with E-state index >= 15 is 0 Å². The number of nitrogens with zero attached hydrogens (tertiary/aromatic N) is 2. The number of rotatable bonds is 2. The first-order chi connectivity index (χ1) is 9.58. The van der Waals surface area contributed by atoms with Gasteiger partial charge in [0.05, 0.1) is 16.6 Å². The van der Waals surface area contributed by atoms with E-state index in [0.717, 1.165) is 41.3 Å². The number of carbonyl (C=O) groups excluding carboxylic acids is 1. The van der Waals surface area contributed by atoms with Gasteiger partial charge < -0.3 is 9.42 Å². The molecule has 20 heavy (non-hydrogen) atoms. The molecule has 1 aliphatic rings. The van der Waals surface area contributed by atoms with E-state index in [1.54, 1.807) is 11.3 Å². The van der Waals surface area contributed by atoms with E-state index in [4.69, 9.17) is 4.52 Å². The van der Waals surface area contributed by atoms with Gasteiger partial charge in [0.15, 0.2) is 0 Å². The maximum absolute atomic E-state index is 12.7. The van der Waals surface area contributed by atoms with Gasteiger partial charge in [0.1, 0.15) is 5.76 Å². The molecule has 1 amide bonds. The summed E-state index contributed by atoms with van der Waals surface area (Å²) in [5.41, 5.74) is 1.98. The molecule has 0 N–H and O–H groups in total. The van der Waals surface area contributed by atoms with Crippen LogP contribution < -0.4 is 0 Å². The molecule has 3 rings (SSSR count). The van der Waals surface area contributed by atoms with E-state index in [1.807, 2.05) is 37.8 Å². The lowest BCUT2D eigenvalue weighted by Gasteiger charge is -2.24. The highest BCUT2D eigenvalue weighted by molar-refractivity contribution is 7.13. The molecule has 0 spiro atoms. The molecule has 1 saturated heterocycles. The molecule has 2 aromatic rings. The Morgan fingerprint density at radius 3 is 2.80 bits per heavy atom. The van der Waals surface area contributed by atoms with Gasteiger partial charge in [-0.1, -0.05) is 5.16 Å². The lowest BCUT2D eigenvalue weighted by atomic mass is 10.0. The third kappa shape index (κ3) is 2.16. The fraction of sp³-hybridized carbons (Fsp3) is 0.467. The normalized spacial score (nSPS) is 18.8. The van der Waals surface area contributed by atoms with E-state index in [0.29, 0.717) is 0 Å². The van der Waals surface area contributed by atoms with Crippen molar-refractivity contribution >= 4 is 17.2 Å². The van der Waals surface area contributed by atoms with Crippen molar-refractivity contribution in [1.82, 2.24) is 10.1 Å². The number of likely N-dealkylation sites (tertiary alicyclic amines) is 1. The highest BCUT2D eigenvalue weighted by Crippen LogP contribution is 2.37. The maximum atomic E-state index is 12.7. The molecule has 0 bridgehead atoms. The highest BCUT2D eigenvalue weighted by Gasteiger charge is 2.34. The zero-order chi connectivity index (χ0) is 14.3. The van der Waals surface area contributed by atoms with Crippen LogP contribution in [0.4, 0.5) is 0 Å². The van der Waals surface area contributed by atoms with Gasteiger partial charge in [-0.2, -0.15) is 0 Å². The van der Waals surface area contributed by atoms with Crippen LogP contribution in [0.3, 0.4) is 0 Å². The lowest BCUT2D eigenvalue weighted by molar-refractivity contribution is 0.0739. The van der Waals surface area contributed by atoms with E-state index in [-0.39, 0.29) is 11.9 Å². The Balaban J connectivity index is 1.91. The summed E-state index contributed by atoms with van der Waals surface area (Å²) in [5.74, 6) is 0.958. The summed E-state index contributed by atoms with van der Waals surface area (Å²) in [6, 6.07) is 4.03. The van der Waals surface area contributed by atoms with Crippen LogP contribution in [0.5, 0.6) is 0 Å². The summed E-state index contributed by atoms with van der Waals surface area (Å²) in [7, 11) is 0. The first-order valence-electron chi connectivity index (χ1n) is 6.88. The van der Waals surface area contributed by atoms with Crippen LogP contribution in [0, 0.1) is 20.8 Å². The minimum atomic E-state index is 0.108. The number of hydrogen-bond acceptors (Lipinski definition) is 4. The topological polar surface area (TPSA) is 46.3 Å². The molecule has 5 heteroatoms. The molecule has 0 unspecified atom stereocenters. The van der Waals surface area contributed by atoms with Crippen molar-refractivity contribution in [2.45, 2.75) is 39.7 Å². The summed E-state index contributed by atoms with van der Waals surface area (Å²) < 4.78 is 5.26.